The van der Waals surface area contributed by atoms with E-state index >= 15 is 0 Å². The number of nitrogens with two attached hydrogens (primary N) is 1. The van der Waals surface area contributed by atoms with Gasteiger partial charge < -0.3 is 10.5 Å². The van der Waals surface area contributed by atoms with Crippen molar-refractivity contribution in [2.24, 2.45) is 11.7 Å². The minimum Gasteiger partial charge on any atom is -0.474 e. The van der Waals surface area contributed by atoms with Crippen LogP contribution in [0.25, 0.3) is 0 Å². The molecule has 0 amide bonds. The molecule has 1 aromatic rings. The van der Waals surface area contributed by atoms with Crippen LogP contribution in [0, 0.1) is 16.0 Å². The van der Waals surface area contributed by atoms with Gasteiger partial charge in [0.15, 0.2) is 0 Å². The highest BCUT2D eigenvalue weighted by Gasteiger charge is 2.26. The van der Waals surface area contributed by atoms with E-state index in [2.05, 4.69) is 4.98 Å². The van der Waals surface area contributed by atoms with Gasteiger partial charge in [-0.2, -0.15) is 0 Å². The molecule has 0 saturated heterocycles. The molecule has 98 valence electrons. The third-order valence-electron chi connectivity index (χ3n) is 3.35. The van der Waals surface area contributed by atoms with Crippen molar-refractivity contribution in [2.75, 3.05) is 6.54 Å². The Morgan fingerprint density at radius 3 is 2.83 bits per heavy atom. The summed E-state index contributed by atoms with van der Waals surface area (Å²) in [5, 5.41) is 10.5. The Kier molecular flexibility index (Phi) is 4.09. The van der Waals surface area contributed by atoms with E-state index in [0.717, 1.165) is 19.3 Å². The maximum atomic E-state index is 10.5. The minimum atomic E-state index is -0.472. The van der Waals surface area contributed by atoms with Gasteiger partial charge in [0.2, 0.25) is 5.88 Å². The summed E-state index contributed by atoms with van der Waals surface area (Å²) in [6.07, 6.45) is 5.67. The van der Waals surface area contributed by atoms with Crippen LogP contribution < -0.4 is 10.5 Å². The lowest BCUT2D eigenvalue weighted by molar-refractivity contribution is -0.385. The lowest BCUT2D eigenvalue weighted by atomic mass is 9.86. The van der Waals surface area contributed by atoms with Gasteiger partial charge in [0.05, 0.1) is 4.92 Å². The first-order valence-electron chi connectivity index (χ1n) is 6.18. The molecule has 0 radical (unpaired) electrons. The molecule has 0 aromatic carbocycles. The molecule has 2 rings (SSSR count). The second-order valence-corrected chi connectivity index (χ2v) is 4.55. The Bertz CT molecular complexity index is 408. The number of ether oxygens (including phenoxy) is 1. The fourth-order valence-electron chi connectivity index (χ4n) is 2.30. The monoisotopic (exact) mass is 251 g/mol. The summed E-state index contributed by atoms with van der Waals surface area (Å²) in [7, 11) is 0. The summed E-state index contributed by atoms with van der Waals surface area (Å²) in [4.78, 5) is 14.0. The standard InChI is InChI=1S/C12H17N3O3/c13-7-9-3-1-2-4-11(9)18-12-6-5-10(8-14-12)15(16)17/h5-6,8-9,11H,1-4,7,13H2. The molecule has 1 fully saturated rings. The Balaban J connectivity index is 2.01. The van der Waals surface area contributed by atoms with Gasteiger partial charge in [-0.1, -0.05) is 6.42 Å². The predicted octanol–water partition coefficient (Wildman–Crippen LogP) is 1.89. The van der Waals surface area contributed by atoms with E-state index < -0.39 is 4.92 Å². The molecule has 6 heteroatoms. The van der Waals surface area contributed by atoms with Crippen LogP contribution in [0.1, 0.15) is 25.7 Å². The SMILES string of the molecule is NCC1CCCCC1Oc1ccc([N+](=O)[O-])cn1. The first-order valence-corrected chi connectivity index (χ1v) is 6.18. The van der Waals surface area contributed by atoms with Gasteiger partial charge in [0.1, 0.15) is 12.3 Å². The first-order chi connectivity index (χ1) is 8.70. The van der Waals surface area contributed by atoms with Gasteiger partial charge in [-0.25, -0.2) is 4.98 Å². The van der Waals surface area contributed by atoms with Crippen molar-refractivity contribution < 1.29 is 9.66 Å². The largest absolute Gasteiger partial charge is 0.474 e. The normalized spacial score (nSPS) is 23.6. The van der Waals surface area contributed by atoms with Gasteiger partial charge >= 0.3 is 0 Å². The van der Waals surface area contributed by atoms with Gasteiger partial charge in [0.25, 0.3) is 5.69 Å². The van der Waals surface area contributed by atoms with E-state index in [1.54, 1.807) is 6.07 Å². The van der Waals surface area contributed by atoms with Crippen molar-refractivity contribution >= 4 is 5.69 Å². The molecule has 2 N–H and O–H groups in total. The summed E-state index contributed by atoms with van der Waals surface area (Å²) >= 11 is 0. The summed E-state index contributed by atoms with van der Waals surface area (Å²) in [6, 6.07) is 2.95. The Hall–Kier alpha value is -1.69. The fraction of sp³-hybridized carbons (Fsp3) is 0.583. The van der Waals surface area contributed by atoms with Crippen LogP contribution in [0.4, 0.5) is 5.69 Å². The van der Waals surface area contributed by atoms with E-state index in [4.69, 9.17) is 10.5 Å². The van der Waals surface area contributed by atoms with Crippen LogP contribution in [0.2, 0.25) is 0 Å². The predicted molar refractivity (Wildman–Crippen MR) is 66.3 cm³/mol. The molecule has 1 saturated carbocycles. The summed E-state index contributed by atoms with van der Waals surface area (Å²) < 4.78 is 5.78. The van der Waals surface area contributed by atoms with Crippen LogP contribution in [0.15, 0.2) is 18.3 Å². The highest BCUT2D eigenvalue weighted by Crippen LogP contribution is 2.27. The molecule has 2 atom stereocenters. The number of hydrogen-bond donors (Lipinski definition) is 1. The highest BCUT2D eigenvalue weighted by molar-refractivity contribution is 5.29. The third-order valence-corrected chi connectivity index (χ3v) is 3.35. The number of hydrogen-bond acceptors (Lipinski definition) is 5. The van der Waals surface area contributed by atoms with Crippen molar-refractivity contribution in [3.8, 4) is 5.88 Å². The van der Waals surface area contributed by atoms with Gasteiger partial charge in [-0.3, -0.25) is 10.1 Å². The Labute approximate surface area is 105 Å². The van der Waals surface area contributed by atoms with Crippen LogP contribution in [-0.2, 0) is 0 Å². The average molecular weight is 251 g/mol. The van der Waals surface area contributed by atoms with Crippen LogP contribution in [0.3, 0.4) is 0 Å². The highest BCUT2D eigenvalue weighted by atomic mass is 16.6. The average Bonchev–Trinajstić information content (AvgIpc) is 2.40. The second kappa shape index (κ2) is 5.77. The van der Waals surface area contributed by atoms with E-state index in [1.807, 2.05) is 0 Å². The van der Waals surface area contributed by atoms with E-state index in [0.29, 0.717) is 18.3 Å². The number of nitro groups is 1. The topological polar surface area (TPSA) is 91.3 Å². The van der Waals surface area contributed by atoms with Crippen molar-refractivity contribution in [3.05, 3.63) is 28.4 Å². The van der Waals surface area contributed by atoms with Crippen LogP contribution >= 0.6 is 0 Å². The maximum Gasteiger partial charge on any atom is 0.287 e. The number of aromatic nitrogens is 1. The molecule has 1 aliphatic rings. The van der Waals surface area contributed by atoms with Gasteiger partial charge in [0, 0.05) is 18.1 Å². The lowest BCUT2D eigenvalue weighted by Crippen LogP contribution is -2.35. The quantitative estimate of drug-likeness (QED) is 0.651. The summed E-state index contributed by atoms with van der Waals surface area (Å²) in [5.41, 5.74) is 5.69. The molecule has 1 heterocycles. The summed E-state index contributed by atoms with van der Waals surface area (Å²) in [5.74, 6) is 0.793. The molecule has 6 nitrogen and oxygen atoms in total. The van der Waals surface area contributed by atoms with Crippen molar-refractivity contribution in [1.29, 1.82) is 0 Å². The fourth-order valence-corrected chi connectivity index (χ4v) is 2.30. The molecule has 18 heavy (non-hydrogen) atoms. The molecule has 0 bridgehead atoms. The number of pyridine rings is 1. The maximum absolute atomic E-state index is 10.5. The molecule has 1 aliphatic carbocycles. The molecular formula is C12H17N3O3. The Morgan fingerprint density at radius 1 is 1.44 bits per heavy atom. The van der Waals surface area contributed by atoms with Gasteiger partial charge in [-0.05, 0) is 25.8 Å². The van der Waals surface area contributed by atoms with Gasteiger partial charge in [-0.15, -0.1) is 0 Å². The molecule has 1 aromatic heterocycles. The van der Waals surface area contributed by atoms with Crippen molar-refractivity contribution in [3.63, 3.8) is 0 Å². The zero-order chi connectivity index (χ0) is 13.0. The van der Waals surface area contributed by atoms with E-state index in [1.165, 1.54) is 18.7 Å². The van der Waals surface area contributed by atoms with Crippen LogP contribution in [0.5, 0.6) is 5.88 Å². The number of rotatable bonds is 4. The third kappa shape index (κ3) is 2.95. The molecular weight excluding hydrogens is 234 g/mol. The second-order valence-electron chi connectivity index (χ2n) is 4.55. The molecule has 0 aliphatic heterocycles. The molecule has 0 spiro atoms. The zero-order valence-corrected chi connectivity index (χ0v) is 10.1. The van der Waals surface area contributed by atoms with E-state index in [-0.39, 0.29) is 11.8 Å². The first kappa shape index (κ1) is 12.8. The number of nitrogens with zero attached hydrogens (tertiary/aromatic N) is 2. The van der Waals surface area contributed by atoms with Crippen molar-refractivity contribution in [1.82, 2.24) is 4.98 Å². The Morgan fingerprint density at radius 2 is 2.22 bits per heavy atom. The lowest BCUT2D eigenvalue weighted by Gasteiger charge is -2.30. The minimum absolute atomic E-state index is 0.0265. The van der Waals surface area contributed by atoms with Crippen LogP contribution in [-0.4, -0.2) is 22.6 Å². The smallest absolute Gasteiger partial charge is 0.287 e. The summed E-state index contributed by atoms with van der Waals surface area (Å²) in [6.45, 7) is 0.609. The zero-order valence-electron chi connectivity index (χ0n) is 10.1. The molecule has 2 unspecified atom stereocenters. The van der Waals surface area contributed by atoms with Crippen molar-refractivity contribution in [2.45, 2.75) is 31.8 Å². The van der Waals surface area contributed by atoms with E-state index in [9.17, 15) is 10.1 Å².